The summed E-state index contributed by atoms with van der Waals surface area (Å²) in [5.41, 5.74) is 2.05. The van der Waals surface area contributed by atoms with Gasteiger partial charge in [-0.15, -0.1) is 11.3 Å². The summed E-state index contributed by atoms with van der Waals surface area (Å²) in [5, 5.41) is 19.7. The van der Waals surface area contributed by atoms with E-state index in [2.05, 4.69) is 15.5 Å². The fraction of sp³-hybridized carbons (Fsp3) is 0.182. The highest BCUT2D eigenvalue weighted by molar-refractivity contribution is 7.12. The van der Waals surface area contributed by atoms with Gasteiger partial charge in [-0.25, -0.2) is 4.79 Å². The molecule has 0 aliphatic heterocycles. The number of amides is 1. The highest BCUT2D eigenvalue weighted by Gasteiger charge is 2.18. The van der Waals surface area contributed by atoms with Gasteiger partial charge >= 0.3 is 5.97 Å². The number of carbonyl (C=O) groups is 2. The zero-order valence-electron chi connectivity index (χ0n) is 9.77. The molecular formula is C11H11N3O3S. The first-order valence-corrected chi connectivity index (χ1v) is 6.01. The summed E-state index contributed by atoms with van der Waals surface area (Å²) in [6.45, 7) is 3.52. The van der Waals surface area contributed by atoms with Crippen LogP contribution in [-0.2, 0) is 0 Å². The molecule has 2 aromatic rings. The summed E-state index contributed by atoms with van der Waals surface area (Å²) in [5.74, 6) is -1.48. The Balaban J connectivity index is 2.27. The molecule has 0 bridgehead atoms. The van der Waals surface area contributed by atoms with Crippen LogP contribution in [0.5, 0.6) is 0 Å². The monoisotopic (exact) mass is 265 g/mol. The molecule has 18 heavy (non-hydrogen) atoms. The largest absolute Gasteiger partial charge is 0.477 e. The van der Waals surface area contributed by atoms with Crippen LogP contribution in [0.2, 0.25) is 0 Å². The first kappa shape index (κ1) is 12.3. The Hall–Kier alpha value is -2.15. The first-order valence-electron chi connectivity index (χ1n) is 5.13. The van der Waals surface area contributed by atoms with Gasteiger partial charge in [0, 0.05) is 5.69 Å². The third-order valence-electron chi connectivity index (χ3n) is 2.35. The lowest BCUT2D eigenvalue weighted by atomic mass is 10.2. The molecule has 2 heterocycles. The van der Waals surface area contributed by atoms with Crippen molar-refractivity contribution in [2.75, 3.05) is 5.32 Å². The maximum absolute atomic E-state index is 11.9. The standard InChI is InChI=1S/C11H11N3O3S/c1-5-4-18-9(11(16)17)8(5)12-10(15)7-3-6(2)13-14-7/h3-4H,1-2H3,(H,12,15)(H,13,14)(H,16,17). The van der Waals surface area contributed by atoms with Gasteiger partial charge in [0.1, 0.15) is 4.88 Å². The molecule has 0 aliphatic carbocycles. The van der Waals surface area contributed by atoms with E-state index in [4.69, 9.17) is 5.11 Å². The normalized spacial score (nSPS) is 10.3. The Bertz CT molecular complexity index is 615. The summed E-state index contributed by atoms with van der Waals surface area (Å²) in [7, 11) is 0. The molecule has 3 N–H and O–H groups in total. The number of aryl methyl sites for hydroxylation is 2. The van der Waals surface area contributed by atoms with Crippen LogP contribution >= 0.6 is 11.3 Å². The number of thiophene rings is 1. The summed E-state index contributed by atoms with van der Waals surface area (Å²) in [6.07, 6.45) is 0. The topological polar surface area (TPSA) is 95.1 Å². The SMILES string of the molecule is Cc1cc(C(=O)Nc2c(C)csc2C(=O)O)n[nH]1. The Morgan fingerprint density at radius 3 is 2.72 bits per heavy atom. The highest BCUT2D eigenvalue weighted by atomic mass is 32.1. The summed E-state index contributed by atoms with van der Waals surface area (Å²) < 4.78 is 0. The van der Waals surface area contributed by atoms with E-state index in [1.165, 1.54) is 0 Å². The number of rotatable bonds is 3. The minimum atomic E-state index is -1.05. The number of anilines is 1. The van der Waals surface area contributed by atoms with E-state index < -0.39 is 11.9 Å². The molecule has 0 aliphatic rings. The van der Waals surface area contributed by atoms with Crippen molar-refractivity contribution in [3.63, 3.8) is 0 Å². The van der Waals surface area contributed by atoms with Crippen molar-refractivity contribution in [1.29, 1.82) is 0 Å². The van der Waals surface area contributed by atoms with Crippen molar-refractivity contribution in [3.05, 3.63) is 33.3 Å². The van der Waals surface area contributed by atoms with Crippen LogP contribution < -0.4 is 5.32 Å². The van der Waals surface area contributed by atoms with Crippen LogP contribution in [0, 0.1) is 13.8 Å². The molecule has 0 fully saturated rings. The van der Waals surface area contributed by atoms with Crippen LogP contribution in [-0.4, -0.2) is 27.2 Å². The van der Waals surface area contributed by atoms with Crippen molar-refractivity contribution in [2.24, 2.45) is 0 Å². The number of nitrogens with one attached hydrogen (secondary N) is 2. The van der Waals surface area contributed by atoms with Crippen molar-refractivity contribution < 1.29 is 14.7 Å². The minimum Gasteiger partial charge on any atom is -0.477 e. The van der Waals surface area contributed by atoms with Gasteiger partial charge in [0.05, 0.1) is 5.69 Å². The van der Waals surface area contributed by atoms with Crippen LogP contribution in [0.4, 0.5) is 5.69 Å². The number of hydrogen-bond acceptors (Lipinski definition) is 4. The van der Waals surface area contributed by atoms with Crippen LogP contribution in [0.3, 0.4) is 0 Å². The van der Waals surface area contributed by atoms with Gasteiger partial charge in [-0.3, -0.25) is 9.89 Å². The Labute approximate surface area is 107 Å². The summed E-state index contributed by atoms with van der Waals surface area (Å²) >= 11 is 1.08. The molecular weight excluding hydrogens is 254 g/mol. The fourth-order valence-electron chi connectivity index (χ4n) is 1.47. The van der Waals surface area contributed by atoms with Crippen molar-refractivity contribution in [2.45, 2.75) is 13.8 Å². The molecule has 94 valence electrons. The van der Waals surface area contributed by atoms with Crippen molar-refractivity contribution in [1.82, 2.24) is 10.2 Å². The van der Waals surface area contributed by atoms with Crippen LogP contribution in [0.25, 0.3) is 0 Å². The number of carbonyl (C=O) groups excluding carboxylic acids is 1. The number of H-pyrrole nitrogens is 1. The average Bonchev–Trinajstić information content (AvgIpc) is 2.87. The first-order chi connectivity index (χ1) is 8.49. The Kier molecular flexibility index (Phi) is 3.15. The molecule has 2 aromatic heterocycles. The second-order valence-electron chi connectivity index (χ2n) is 3.82. The second kappa shape index (κ2) is 4.61. The van der Waals surface area contributed by atoms with Gasteiger partial charge in [0.15, 0.2) is 5.69 Å². The van der Waals surface area contributed by atoms with E-state index in [0.717, 1.165) is 22.6 Å². The van der Waals surface area contributed by atoms with E-state index in [-0.39, 0.29) is 10.6 Å². The lowest BCUT2D eigenvalue weighted by Crippen LogP contribution is -2.14. The van der Waals surface area contributed by atoms with Gasteiger partial charge in [-0.1, -0.05) is 0 Å². The number of carboxylic acid groups (broad SMARTS) is 1. The smallest absolute Gasteiger partial charge is 0.348 e. The van der Waals surface area contributed by atoms with Crippen molar-refractivity contribution in [3.8, 4) is 0 Å². The maximum atomic E-state index is 11.9. The molecule has 0 atom stereocenters. The Morgan fingerprint density at radius 1 is 1.44 bits per heavy atom. The van der Waals surface area contributed by atoms with E-state index in [0.29, 0.717) is 5.69 Å². The van der Waals surface area contributed by atoms with Crippen molar-refractivity contribution >= 4 is 28.9 Å². The summed E-state index contributed by atoms with van der Waals surface area (Å²) in [6, 6.07) is 1.59. The zero-order valence-corrected chi connectivity index (χ0v) is 10.6. The number of carboxylic acids is 1. The maximum Gasteiger partial charge on any atom is 0.348 e. The number of aromatic amines is 1. The van der Waals surface area contributed by atoms with E-state index >= 15 is 0 Å². The lowest BCUT2D eigenvalue weighted by Gasteiger charge is -2.03. The van der Waals surface area contributed by atoms with Gasteiger partial charge in [0.2, 0.25) is 0 Å². The minimum absolute atomic E-state index is 0.119. The molecule has 0 aromatic carbocycles. The van der Waals surface area contributed by atoms with E-state index in [9.17, 15) is 9.59 Å². The molecule has 1 amide bonds. The molecule has 0 radical (unpaired) electrons. The third-order valence-corrected chi connectivity index (χ3v) is 3.43. The average molecular weight is 265 g/mol. The number of hydrogen-bond donors (Lipinski definition) is 3. The number of aromatic nitrogens is 2. The number of aromatic carboxylic acids is 1. The highest BCUT2D eigenvalue weighted by Crippen LogP contribution is 2.27. The van der Waals surface area contributed by atoms with Gasteiger partial charge in [-0.05, 0) is 30.9 Å². The van der Waals surface area contributed by atoms with Crippen LogP contribution in [0.1, 0.15) is 31.4 Å². The molecule has 2 rings (SSSR count). The summed E-state index contributed by atoms with van der Waals surface area (Å²) in [4.78, 5) is 23.0. The number of nitrogens with zero attached hydrogens (tertiary/aromatic N) is 1. The molecule has 6 nitrogen and oxygen atoms in total. The Morgan fingerprint density at radius 2 is 2.17 bits per heavy atom. The molecule has 7 heteroatoms. The van der Waals surface area contributed by atoms with E-state index in [1.807, 2.05) is 0 Å². The lowest BCUT2D eigenvalue weighted by molar-refractivity contribution is 0.0703. The molecule has 0 saturated heterocycles. The third kappa shape index (κ3) is 2.25. The second-order valence-corrected chi connectivity index (χ2v) is 4.70. The molecule has 0 spiro atoms. The quantitative estimate of drug-likeness (QED) is 0.791. The van der Waals surface area contributed by atoms with Crippen LogP contribution in [0.15, 0.2) is 11.4 Å². The fourth-order valence-corrected chi connectivity index (χ4v) is 2.31. The van der Waals surface area contributed by atoms with Gasteiger partial charge < -0.3 is 10.4 Å². The van der Waals surface area contributed by atoms with Gasteiger partial charge in [-0.2, -0.15) is 5.10 Å². The van der Waals surface area contributed by atoms with Gasteiger partial charge in [0.25, 0.3) is 5.91 Å². The predicted molar refractivity (Wildman–Crippen MR) is 67.3 cm³/mol. The molecule has 0 unspecified atom stereocenters. The zero-order chi connectivity index (χ0) is 13.3. The molecule has 0 saturated carbocycles. The predicted octanol–water partition coefficient (Wildman–Crippen LogP) is 2.04. The van der Waals surface area contributed by atoms with E-state index in [1.54, 1.807) is 25.3 Å².